The average Bonchev–Trinajstić information content (AvgIpc) is 2.66. The molecular formula is C17H11N5O4. The number of anilines is 1. The van der Waals surface area contributed by atoms with Crippen LogP contribution in [-0.2, 0) is 4.79 Å². The largest absolute Gasteiger partial charge is 0.467 e. The zero-order valence-corrected chi connectivity index (χ0v) is 13.2. The lowest BCUT2D eigenvalue weighted by Gasteiger charge is -2.09. The van der Waals surface area contributed by atoms with Crippen molar-refractivity contribution in [3.63, 3.8) is 0 Å². The predicted molar refractivity (Wildman–Crippen MR) is 91.5 cm³/mol. The number of nitro groups is 1. The first-order valence-corrected chi connectivity index (χ1v) is 7.39. The van der Waals surface area contributed by atoms with Crippen molar-refractivity contribution >= 4 is 28.2 Å². The second-order valence-electron chi connectivity index (χ2n) is 5.13. The number of nitrogens with one attached hydrogen (secondary N) is 1. The SMILES string of the molecule is N#Cc1cc([N+](=O)[O-])ccc1NC(=O)COc1ncnc2ccccc12. The van der Waals surface area contributed by atoms with Crippen molar-refractivity contribution in [2.24, 2.45) is 0 Å². The van der Waals surface area contributed by atoms with E-state index in [1.54, 1.807) is 18.2 Å². The molecule has 0 atom stereocenters. The van der Waals surface area contributed by atoms with Crippen LogP contribution in [0, 0.1) is 21.4 Å². The van der Waals surface area contributed by atoms with Crippen LogP contribution in [0.4, 0.5) is 11.4 Å². The van der Waals surface area contributed by atoms with Gasteiger partial charge in [0.2, 0.25) is 5.88 Å². The second-order valence-corrected chi connectivity index (χ2v) is 5.13. The van der Waals surface area contributed by atoms with Crippen molar-refractivity contribution in [3.05, 3.63) is 64.5 Å². The minimum atomic E-state index is -0.615. The molecule has 1 N–H and O–H groups in total. The maximum atomic E-state index is 12.1. The van der Waals surface area contributed by atoms with E-state index in [1.165, 1.54) is 18.5 Å². The number of nitro benzene ring substituents is 1. The van der Waals surface area contributed by atoms with Crippen LogP contribution < -0.4 is 10.1 Å². The highest BCUT2D eigenvalue weighted by Crippen LogP contribution is 2.22. The fourth-order valence-electron chi connectivity index (χ4n) is 2.26. The van der Waals surface area contributed by atoms with Crippen LogP contribution in [-0.4, -0.2) is 27.4 Å². The zero-order valence-electron chi connectivity index (χ0n) is 13.2. The molecule has 0 saturated carbocycles. The van der Waals surface area contributed by atoms with E-state index >= 15 is 0 Å². The molecule has 0 fully saturated rings. The fourth-order valence-corrected chi connectivity index (χ4v) is 2.26. The summed E-state index contributed by atoms with van der Waals surface area (Å²) in [5.74, 6) is -0.270. The summed E-state index contributed by atoms with van der Waals surface area (Å²) in [6, 6.07) is 12.6. The maximum absolute atomic E-state index is 12.1. The summed E-state index contributed by atoms with van der Waals surface area (Å²) in [6.07, 6.45) is 1.33. The van der Waals surface area contributed by atoms with Crippen LogP contribution in [0.15, 0.2) is 48.8 Å². The number of fused-ring (bicyclic) bond motifs is 1. The molecule has 0 unspecified atom stereocenters. The van der Waals surface area contributed by atoms with E-state index in [0.717, 1.165) is 6.07 Å². The van der Waals surface area contributed by atoms with E-state index in [9.17, 15) is 14.9 Å². The molecule has 1 aromatic heterocycles. The van der Waals surface area contributed by atoms with Gasteiger partial charge >= 0.3 is 0 Å². The van der Waals surface area contributed by atoms with Gasteiger partial charge in [-0.2, -0.15) is 5.26 Å². The smallest absolute Gasteiger partial charge is 0.270 e. The number of ether oxygens (including phenoxy) is 1. The summed E-state index contributed by atoms with van der Waals surface area (Å²) in [5, 5.41) is 23.0. The van der Waals surface area contributed by atoms with Gasteiger partial charge in [-0.1, -0.05) is 12.1 Å². The fraction of sp³-hybridized carbons (Fsp3) is 0.0588. The van der Waals surface area contributed by atoms with Gasteiger partial charge in [0.15, 0.2) is 6.61 Å². The van der Waals surface area contributed by atoms with Crippen LogP contribution in [0.5, 0.6) is 5.88 Å². The van der Waals surface area contributed by atoms with Crippen molar-refractivity contribution < 1.29 is 14.5 Å². The number of para-hydroxylation sites is 1. The lowest BCUT2D eigenvalue weighted by atomic mass is 10.1. The number of carbonyl (C=O) groups excluding carboxylic acids is 1. The van der Waals surface area contributed by atoms with Crippen LogP contribution in [0.25, 0.3) is 10.9 Å². The van der Waals surface area contributed by atoms with E-state index in [4.69, 9.17) is 10.00 Å². The molecule has 0 saturated heterocycles. The Morgan fingerprint density at radius 1 is 1.27 bits per heavy atom. The molecule has 0 aliphatic carbocycles. The first-order valence-electron chi connectivity index (χ1n) is 7.39. The number of non-ortho nitro benzene ring substituents is 1. The topological polar surface area (TPSA) is 131 Å². The van der Waals surface area contributed by atoms with Gasteiger partial charge in [-0.3, -0.25) is 14.9 Å². The molecule has 0 aliphatic rings. The third kappa shape index (κ3) is 3.54. The lowest BCUT2D eigenvalue weighted by Crippen LogP contribution is -2.21. The van der Waals surface area contributed by atoms with E-state index in [-0.39, 0.29) is 29.4 Å². The number of aromatic nitrogens is 2. The van der Waals surface area contributed by atoms with Crippen molar-refractivity contribution in [2.45, 2.75) is 0 Å². The lowest BCUT2D eigenvalue weighted by molar-refractivity contribution is -0.384. The molecule has 1 heterocycles. The first-order chi connectivity index (χ1) is 12.6. The monoisotopic (exact) mass is 349 g/mol. The molecule has 9 nitrogen and oxygen atoms in total. The number of nitriles is 1. The number of carbonyl (C=O) groups is 1. The standard InChI is InChI=1S/C17H11N5O4/c18-8-11-7-12(22(24)25)5-6-14(11)21-16(23)9-26-17-13-3-1-2-4-15(13)19-10-20-17/h1-7,10H,9H2,(H,21,23). The number of hydrogen-bond acceptors (Lipinski definition) is 7. The number of amides is 1. The normalized spacial score (nSPS) is 10.1. The van der Waals surface area contributed by atoms with Crippen LogP contribution >= 0.6 is 0 Å². The quantitative estimate of drug-likeness (QED) is 0.552. The summed E-state index contributed by atoms with van der Waals surface area (Å²) in [4.78, 5) is 30.3. The number of benzene rings is 2. The zero-order chi connectivity index (χ0) is 18.5. The van der Waals surface area contributed by atoms with Gasteiger partial charge in [-0.25, -0.2) is 9.97 Å². The molecule has 0 aliphatic heterocycles. The van der Waals surface area contributed by atoms with Gasteiger partial charge in [0.05, 0.1) is 27.1 Å². The van der Waals surface area contributed by atoms with E-state index in [1.807, 2.05) is 12.1 Å². The molecular weight excluding hydrogens is 338 g/mol. The highest BCUT2D eigenvalue weighted by molar-refractivity contribution is 5.93. The molecule has 0 spiro atoms. The maximum Gasteiger partial charge on any atom is 0.270 e. The minimum absolute atomic E-state index is 0.0139. The van der Waals surface area contributed by atoms with Gasteiger partial charge in [-0.15, -0.1) is 0 Å². The van der Waals surface area contributed by atoms with E-state index < -0.39 is 10.8 Å². The Morgan fingerprint density at radius 2 is 2.08 bits per heavy atom. The van der Waals surface area contributed by atoms with E-state index in [0.29, 0.717) is 10.9 Å². The Bertz CT molecular complexity index is 1040. The van der Waals surface area contributed by atoms with Gasteiger partial charge in [0.25, 0.3) is 11.6 Å². The molecule has 1 amide bonds. The molecule has 2 aromatic carbocycles. The van der Waals surface area contributed by atoms with E-state index in [2.05, 4.69) is 15.3 Å². The van der Waals surface area contributed by atoms with Crippen molar-refractivity contribution in [3.8, 4) is 11.9 Å². The minimum Gasteiger partial charge on any atom is -0.467 e. The Balaban J connectivity index is 1.71. The van der Waals surface area contributed by atoms with Gasteiger partial charge in [-0.05, 0) is 18.2 Å². The summed E-state index contributed by atoms with van der Waals surface area (Å²) < 4.78 is 5.43. The summed E-state index contributed by atoms with van der Waals surface area (Å²) in [7, 11) is 0. The van der Waals surface area contributed by atoms with Gasteiger partial charge < -0.3 is 10.1 Å². The van der Waals surface area contributed by atoms with Crippen LogP contribution in [0.3, 0.4) is 0 Å². The number of nitrogens with zero attached hydrogens (tertiary/aromatic N) is 4. The van der Waals surface area contributed by atoms with Gasteiger partial charge in [0, 0.05) is 12.1 Å². The molecule has 9 heteroatoms. The molecule has 26 heavy (non-hydrogen) atoms. The predicted octanol–water partition coefficient (Wildman–Crippen LogP) is 2.43. The van der Waals surface area contributed by atoms with Crippen LogP contribution in [0.2, 0.25) is 0 Å². The van der Waals surface area contributed by atoms with Crippen molar-refractivity contribution in [1.29, 1.82) is 5.26 Å². The first kappa shape index (κ1) is 16.8. The second kappa shape index (κ2) is 7.23. The molecule has 0 bridgehead atoms. The van der Waals surface area contributed by atoms with Gasteiger partial charge in [0.1, 0.15) is 12.4 Å². The Hall–Kier alpha value is -4.06. The highest BCUT2D eigenvalue weighted by atomic mass is 16.6. The Morgan fingerprint density at radius 3 is 2.85 bits per heavy atom. The third-order valence-electron chi connectivity index (χ3n) is 3.45. The molecule has 128 valence electrons. The summed E-state index contributed by atoms with van der Waals surface area (Å²) >= 11 is 0. The molecule has 3 aromatic rings. The highest BCUT2D eigenvalue weighted by Gasteiger charge is 2.13. The summed E-state index contributed by atoms with van der Waals surface area (Å²) in [6.45, 7) is -0.344. The Labute approximate surface area is 147 Å². The summed E-state index contributed by atoms with van der Waals surface area (Å²) in [5.41, 5.74) is 0.600. The van der Waals surface area contributed by atoms with Crippen molar-refractivity contribution in [1.82, 2.24) is 9.97 Å². The number of rotatable bonds is 5. The Kier molecular flexibility index (Phi) is 4.67. The molecule has 0 radical (unpaired) electrons. The third-order valence-corrected chi connectivity index (χ3v) is 3.45. The van der Waals surface area contributed by atoms with Crippen LogP contribution in [0.1, 0.15) is 5.56 Å². The average molecular weight is 349 g/mol. The number of hydrogen-bond donors (Lipinski definition) is 1. The van der Waals surface area contributed by atoms with Crippen molar-refractivity contribution in [2.75, 3.05) is 11.9 Å². The molecule has 3 rings (SSSR count).